The molecule has 5 nitrogen and oxygen atoms in total. The number of carbonyl (C=O) groups excluding carboxylic acids is 1. The molecule has 0 spiro atoms. The number of thiophene rings is 1. The van der Waals surface area contributed by atoms with Gasteiger partial charge >= 0.3 is 0 Å². The number of rotatable bonds is 4. The third kappa shape index (κ3) is 4.18. The molecule has 3 rings (SSSR count). The summed E-state index contributed by atoms with van der Waals surface area (Å²) >= 11 is 1.22. The summed E-state index contributed by atoms with van der Waals surface area (Å²) in [6, 6.07) is 1.78. The van der Waals surface area contributed by atoms with Crippen molar-refractivity contribution in [2.75, 3.05) is 13.1 Å². The second-order valence-corrected chi connectivity index (χ2v) is 9.62. The van der Waals surface area contributed by atoms with E-state index in [1.807, 2.05) is 0 Å². The van der Waals surface area contributed by atoms with E-state index < -0.39 is 10.0 Å². The van der Waals surface area contributed by atoms with Crippen molar-refractivity contribution < 1.29 is 13.2 Å². The lowest BCUT2D eigenvalue weighted by Crippen LogP contribution is -2.35. The van der Waals surface area contributed by atoms with E-state index in [1.54, 1.807) is 15.8 Å². The Hall–Kier alpha value is -0.920. The van der Waals surface area contributed by atoms with Crippen LogP contribution >= 0.6 is 11.3 Å². The Morgan fingerprint density at radius 2 is 1.67 bits per heavy atom. The second kappa shape index (κ2) is 7.97. The molecule has 0 aromatic carbocycles. The highest BCUT2D eigenvalue weighted by Gasteiger charge is 2.27. The molecule has 1 N–H and O–H groups in total. The van der Waals surface area contributed by atoms with Gasteiger partial charge in [0.05, 0.1) is 9.77 Å². The summed E-state index contributed by atoms with van der Waals surface area (Å²) in [7, 11) is -3.47. The first-order chi connectivity index (χ1) is 11.6. The first kappa shape index (κ1) is 17.9. The van der Waals surface area contributed by atoms with Gasteiger partial charge in [0.15, 0.2) is 0 Å². The lowest BCUT2D eigenvalue weighted by molar-refractivity contribution is 0.0931. The molecule has 2 heterocycles. The van der Waals surface area contributed by atoms with Crippen LogP contribution in [0.4, 0.5) is 0 Å². The molecule has 0 unspecified atom stereocenters. The van der Waals surface area contributed by atoms with Crippen LogP contribution in [0.5, 0.6) is 0 Å². The summed E-state index contributed by atoms with van der Waals surface area (Å²) in [5.74, 6) is -0.135. The van der Waals surface area contributed by atoms with E-state index in [2.05, 4.69) is 5.32 Å². The standard InChI is InChI=1S/C17H26N2O3S2/c20-17(18-14-8-4-3-5-9-14)16-12-15(13-23-16)24(21,22)19-10-6-1-2-7-11-19/h12-14H,1-11H2,(H,18,20). The molecule has 1 aromatic rings. The van der Waals surface area contributed by atoms with Crippen LogP contribution in [0.1, 0.15) is 67.5 Å². The third-order valence-electron chi connectivity index (χ3n) is 4.94. The number of amides is 1. The van der Waals surface area contributed by atoms with Crippen LogP contribution in [0.3, 0.4) is 0 Å². The van der Waals surface area contributed by atoms with E-state index in [0.717, 1.165) is 51.4 Å². The molecule has 1 saturated heterocycles. The van der Waals surface area contributed by atoms with Crippen molar-refractivity contribution >= 4 is 27.3 Å². The number of carbonyl (C=O) groups is 1. The summed E-state index contributed by atoms with van der Waals surface area (Å²) in [5.41, 5.74) is 0. The van der Waals surface area contributed by atoms with Crippen LogP contribution in [0.2, 0.25) is 0 Å². The Balaban J connectivity index is 1.68. The van der Waals surface area contributed by atoms with Crippen molar-refractivity contribution in [2.24, 2.45) is 0 Å². The predicted molar refractivity (Wildman–Crippen MR) is 95.9 cm³/mol. The Labute approximate surface area is 148 Å². The number of sulfonamides is 1. The van der Waals surface area contributed by atoms with Gasteiger partial charge < -0.3 is 5.32 Å². The molecule has 134 valence electrons. The summed E-state index contributed by atoms with van der Waals surface area (Å²) in [6.45, 7) is 1.17. The number of hydrogen-bond acceptors (Lipinski definition) is 4. The van der Waals surface area contributed by atoms with Gasteiger partial charge in [-0.05, 0) is 31.7 Å². The van der Waals surface area contributed by atoms with Gasteiger partial charge in [-0.25, -0.2) is 8.42 Å². The normalized spacial score (nSPS) is 21.3. The summed E-state index contributed by atoms with van der Waals surface area (Å²) in [4.78, 5) is 13.1. The minimum absolute atomic E-state index is 0.135. The maximum Gasteiger partial charge on any atom is 0.261 e. The van der Waals surface area contributed by atoms with Crippen LogP contribution in [0, 0.1) is 0 Å². The molecular weight excluding hydrogens is 344 g/mol. The van der Waals surface area contributed by atoms with Crippen LogP contribution in [-0.4, -0.2) is 37.8 Å². The minimum Gasteiger partial charge on any atom is -0.349 e. The smallest absolute Gasteiger partial charge is 0.261 e. The van der Waals surface area contributed by atoms with E-state index in [0.29, 0.717) is 18.0 Å². The largest absolute Gasteiger partial charge is 0.349 e. The molecule has 1 aromatic heterocycles. The molecule has 1 aliphatic heterocycles. The van der Waals surface area contributed by atoms with E-state index in [-0.39, 0.29) is 16.8 Å². The van der Waals surface area contributed by atoms with Gasteiger partial charge in [0.25, 0.3) is 5.91 Å². The third-order valence-corrected chi connectivity index (χ3v) is 7.90. The van der Waals surface area contributed by atoms with Crippen molar-refractivity contribution in [1.29, 1.82) is 0 Å². The zero-order valence-electron chi connectivity index (χ0n) is 14.0. The van der Waals surface area contributed by atoms with E-state index in [1.165, 1.54) is 17.8 Å². The lowest BCUT2D eigenvalue weighted by atomic mass is 9.95. The maximum absolute atomic E-state index is 12.8. The minimum atomic E-state index is -3.47. The van der Waals surface area contributed by atoms with Crippen molar-refractivity contribution in [1.82, 2.24) is 9.62 Å². The maximum atomic E-state index is 12.8. The SMILES string of the molecule is O=C(NC1CCCCC1)c1cc(S(=O)(=O)N2CCCCCC2)cs1. The quantitative estimate of drug-likeness (QED) is 0.883. The Morgan fingerprint density at radius 3 is 2.33 bits per heavy atom. The van der Waals surface area contributed by atoms with Crippen molar-refractivity contribution in [3.8, 4) is 0 Å². The molecule has 2 aliphatic rings. The average molecular weight is 371 g/mol. The Kier molecular flexibility index (Phi) is 5.94. The zero-order chi connectivity index (χ0) is 17.0. The summed E-state index contributed by atoms with van der Waals surface area (Å²) in [5, 5.41) is 4.66. The number of nitrogens with zero attached hydrogens (tertiary/aromatic N) is 1. The molecule has 1 saturated carbocycles. The second-order valence-electron chi connectivity index (χ2n) is 6.77. The highest BCUT2D eigenvalue weighted by Crippen LogP contribution is 2.25. The molecule has 2 fully saturated rings. The highest BCUT2D eigenvalue weighted by atomic mass is 32.2. The van der Waals surface area contributed by atoms with Crippen LogP contribution < -0.4 is 5.32 Å². The predicted octanol–water partition coefficient (Wildman–Crippen LogP) is 3.38. The van der Waals surface area contributed by atoms with Gasteiger partial charge in [0.1, 0.15) is 0 Å². The van der Waals surface area contributed by atoms with Gasteiger partial charge in [0, 0.05) is 24.5 Å². The molecule has 24 heavy (non-hydrogen) atoms. The van der Waals surface area contributed by atoms with Crippen LogP contribution in [0.25, 0.3) is 0 Å². The van der Waals surface area contributed by atoms with E-state index >= 15 is 0 Å². The van der Waals surface area contributed by atoms with Gasteiger partial charge in [-0.2, -0.15) is 4.31 Å². The molecule has 0 atom stereocenters. The average Bonchev–Trinajstić information content (AvgIpc) is 2.92. The summed E-state index contributed by atoms with van der Waals surface area (Å²) < 4.78 is 27.1. The fourth-order valence-corrected chi connectivity index (χ4v) is 6.19. The topological polar surface area (TPSA) is 66.5 Å². The summed E-state index contributed by atoms with van der Waals surface area (Å²) in [6.07, 6.45) is 9.61. The van der Waals surface area contributed by atoms with Gasteiger partial charge in [0.2, 0.25) is 10.0 Å². The van der Waals surface area contributed by atoms with Crippen LogP contribution in [-0.2, 0) is 10.0 Å². The molecule has 1 aliphatic carbocycles. The highest BCUT2D eigenvalue weighted by molar-refractivity contribution is 7.89. The first-order valence-corrected chi connectivity index (χ1v) is 11.3. The molecule has 7 heteroatoms. The number of hydrogen-bond donors (Lipinski definition) is 1. The van der Waals surface area contributed by atoms with E-state index in [4.69, 9.17) is 0 Å². The Bertz CT molecular complexity index is 655. The first-order valence-electron chi connectivity index (χ1n) is 8.97. The zero-order valence-corrected chi connectivity index (χ0v) is 15.6. The lowest BCUT2D eigenvalue weighted by Gasteiger charge is -2.22. The molecular formula is C17H26N2O3S2. The van der Waals surface area contributed by atoms with Crippen molar-refractivity contribution in [3.63, 3.8) is 0 Å². The fourth-order valence-electron chi connectivity index (χ4n) is 3.51. The molecule has 0 radical (unpaired) electrons. The van der Waals surface area contributed by atoms with Gasteiger partial charge in [-0.15, -0.1) is 11.3 Å². The number of nitrogens with one attached hydrogen (secondary N) is 1. The Morgan fingerprint density at radius 1 is 1.04 bits per heavy atom. The van der Waals surface area contributed by atoms with Gasteiger partial charge in [-0.1, -0.05) is 32.1 Å². The van der Waals surface area contributed by atoms with Crippen molar-refractivity contribution in [3.05, 3.63) is 16.3 Å². The van der Waals surface area contributed by atoms with Crippen molar-refractivity contribution in [2.45, 2.75) is 68.7 Å². The molecule has 0 bridgehead atoms. The van der Waals surface area contributed by atoms with Crippen LogP contribution in [0.15, 0.2) is 16.3 Å². The van der Waals surface area contributed by atoms with E-state index in [9.17, 15) is 13.2 Å². The fraction of sp³-hybridized carbons (Fsp3) is 0.706. The van der Waals surface area contributed by atoms with Gasteiger partial charge in [-0.3, -0.25) is 4.79 Å². The molecule has 1 amide bonds. The monoisotopic (exact) mass is 370 g/mol.